The highest BCUT2D eigenvalue weighted by molar-refractivity contribution is 7.16. The topological polar surface area (TPSA) is 29.9 Å². The Balaban J connectivity index is 2.38. The van der Waals surface area contributed by atoms with Gasteiger partial charge in [0.05, 0.1) is 16.1 Å². The quantitative estimate of drug-likeness (QED) is 0.921. The summed E-state index contributed by atoms with van der Waals surface area (Å²) in [6, 6.07) is 6.55. The monoisotopic (exact) mass is 269 g/mol. The van der Waals surface area contributed by atoms with Gasteiger partial charge in [0.2, 0.25) is 0 Å². The molecule has 1 unspecified atom stereocenters. The van der Waals surface area contributed by atoms with Gasteiger partial charge in [-0.15, -0.1) is 11.3 Å². The molecule has 2 rings (SSSR count). The van der Waals surface area contributed by atoms with Gasteiger partial charge in [0.15, 0.2) is 0 Å². The van der Waals surface area contributed by atoms with Crippen molar-refractivity contribution in [3.8, 4) is 0 Å². The van der Waals surface area contributed by atoms with Gasteiger partial charge < -0.3 is 5.32 Å². The number of halogens is 1. The summed E-state index contributed by atoms with van der Waals surface area (Å²) in [7, 11) is 1.95. The Bertz CT molecular complexity index is 489. The maximum atomic E-state index is 5.99. The molecule has 5 heteroatoms. The highest BCUT2D eigenvalue weighted by Crippen LogP contribution is 2.31. The van der Waals surface area contributed by atoms with Crippen molar-refractivity contribution in [2.45, 2.75) is 25.9 Å². The second-order valence-corrected chi connectivity index (χ2v) is 5.90. The fourth-order valence-electron chi connectivity index (χ4n) is 1.90. The normalized spacial score (nSPS) is 13.2. The van der Waals surface area contributed by atoms with Crippen molar-refractivity contribution in [3.05, 3.63) is 39.3 Å². The van der Waals surface area contributed by atoms with Gasteiger partial charge in [-0.05, 0) is 39.1 Å². The molecule has 0 aliphatic rings. The summed E-state index contributed by atoms with van der Waals surface area (Å²) in [4.78, 5) is 1.21. The van der Waals surface area contributed by atoms with E-state index in [1.807, 2.05) is 24.0 Å². The fraction of sp³-hybridized carbons (Fsp3) is 0.417. The molecule has 0 bridgehead atoms. The van der Waals surface area contributed by atoms with E-state index in [0.29, 0.717) is 6.04 Å². The van der Waals surface area contributed by atoms with E-state index in [-0.39, 0.29) is 6.04 Å². The average Bonchev–Trinajstić information content (AvgIpc) is 2.89. The summed E-state index contributed by atoms with van der Waals surface area (Å²) in [6.45, 7) is 4.26. The first-order chi connectivity index (χ1) is 8.13. The molecule has 0 radical (unpaired) electrons. The third-order valence-corrected chi connectivity index (χ3v) is 3.95. The summed E-state index contributed by atoms with van der Waals surface area (Å²) >= 11 is 7.59. The predicted molar refractivity (Wildman–Crippen MR) is 72.8 cm³/mol. The van der Waals surface area contributed by atoms with Gasteiger partial charge in [-0.1, -0.05) is 11.6 Å². The van der Waals surface area contributed by atoms with Crippen molar-refractivity contribution in [1.29, 1.82) is 0 Å². The van der Waals surface area contributed by atoms with E-state index < -0.39 is 0 Å². The lowest BCUT2D eigenvalue weighted by atomic mass is 10.1. The zero-order valence-corrected chi connectivity index (χ0v) is 11.7. The van der Waals surface area contributed by atoms with Gasteiger partial charge >= 0.3 is 0 Å². The van der Waals surface area contributed by atoms with Gasteiger partial charge in [0.1, 0.15) is 0 Å². The molecule has 0 aliphatic carbocycles. The lowest BCUT2D eigenvalue weighted by Gasteiger charge is -2.18. The highest BCUT2D eigenvalue weighted by Gasteiger charge is 2.19. The van der Waals surface area contributed by atoms with Gasteiger partial charge in [0, 0.05) is 17.1 Å². The molecule has 0 aromatic carbocycles. The van der Waals surface area contributed by atoms with Crippen LogP contribution in [0.25, 0.3) is 0 Å². The van der Waals surface area contributed by atoms with Crippen LogP contribution < -0.4 is 5.32 Å². The third-order valence-electron chi connectivity index (χ3n) is 2.65. The van der Waals surface area contributed by atoms with Crippen molar-refractivity contribution >= 4 is 22.9 Å². The van der Waals surface area contributed by atoms with Crippen LogP contribution in [0.5, 0.6) is 0 Å². The van der Waals surface area contributed by atoms with Crippen LogP contribution in [0.2, 0.25) is 4.34 Å². The van der Waals surface area contributed by atoms with Crippen LogP contribution in [0.15, 0.2) is 24.4 Å². The minimum atomic E-state index is 0.150. The van der Waals surface area contributed by atoms with Gasteiger partial charge in [-0.3, -0.25) is 4.68 Å². The van der Waals surface area contributed by atoms with Crippen molar-refractivity contribution < 1.29 is 0 Å². The molecule has 92 valence electrons. The Labute approximate surface area is 110 Å². The maximum Gasteiger partial charge on any atom is 0.0931 e. The summed E-state index contributed by atoms with van der Waals surface area (Å²) in [5.41, 5.74) is 1.17. The van der Waals surface area contributed by atoms with Crippen molar-refractivity contribution in [3.63, 3.8) is 0 Å². The van der Waals surface area contributed by atoms with Crippen LogP contribution >= 0.6 is 22.9 Å². The van der Waals surface area contributed by atoms with Crippen LogP contribution in [0.4, 0.5) is 0 Å². The van der Waals surface area contributed by atoms with Gasteiger partial charge in [-0.25, -0.2) is 0 Å². The zero-order valence-electron chi connectivity index (χ0n) is 10.1. The standard InChI is InChI=1S/C12H16ClN3S/c1-8(2)16-9(6-7-15-16)12(14-3)10-4-5-11(13)17-10/h4-8,12,14H,1-3H3. The van der Waals surface area contributed by atoms with Crippen molar-refractivity contribution in [2.24, 2.45) is 0 Å². The summed E-state index contributed by atoms with van der Waals surface area (Å²) < 4.78 is 2.85. The summed E-state index contributed by atoms with van der Waals surface area (Å²) in [6.07, 6.45) is 1.84. The number of nitrogens with one attached hydrogen (secondary N) is 1. The van der Waals surface area contributed by atoms with Crippen LogP contribution in [0.1, 0.15) is 36.5 Å². The second kappa shape index (κ2) is 5.21. The van der Waals surface area contributed by atoms with Crippen LogP contribution in [-0.4, -0.2) is 16.8 Å². The number of hydrogen-bond donors (Lipinski definition) is 1. The van der Waals surface area contributed by atoms with E-state index in [9.17, 15) is 0 Å². The number of aromatic nitrogens is 2. The van der Waals surface area contributed by atoms with Crippen molar-refractivity contribution in [2.75, 3.05) is 7.05 Å². The van der Waals surface area contributed by atoms with E-state index in [2.05, 4.69) is 36.4 Å². The summed E-state index contributed by atoms with van der Waals surface area (Å²) in [5.74, 6) is 0. The number of rotatable bonds is 4. The molecule has 2 aromatic heterocycles. The molecule has 1 atom stereocenters. The number of nitrogens with zero attached hydrogens (tertiary/aromatic N) is 2. The minimum absolute atomic E-state index is 0.150. The molecule has 0 spiro atoms. The number of thiophene rings is 1. The van der Waals surface area contributed by atoms with Crippen LogP contribution in [0.3, 0.4) is 0 Å². The molecule has 0 aliphatic heterocycles. The second-order valence-electron chi connectivity index (χ2n) is 4.16. The average molecular weight is 270 g/mol. The predicted octanol–water partition coefficient (Wildman–Crippen LogP) is 3.49. The van der Waals surface area contributed by atoms with Crippen LogP contribution in [-0.2, 0) is 0 Å². The molecule has 0 saturated carbocycles. The largest absolute Gasteiger partial charge is 0.307 e. The molecule has 0 fully saturated rings. The number of hydrogen-bond acceptors (Lipinski definition) is 3. The van der Waals surface area contributed by atoms with E-state index in [4.69, 9.17) is 11.6 Å². The molecule has 0 saturated heterocycles. The Morgan fingerprint density at radius 2 is 2.12 bits per heavy atom. The van der Waals surface area contributed by atoms with Gasteiger partial charge in [0.25, 0.3) is 0 Å². The molecule has 0 amide bonds. The highest BCUT2D eigenvalue weighted by atomic mass is 35.5. The Kier molecular flexibility index (Phi) is 3.86. The van der Waals surface area contributed by atoms with E-state index in [1.165, 1.54) is 10.6 Å². The maximum absolute atomic E-state index is 5.99. The zero-order chi connectivity index (χ0) is 12.4. The third kappa shape index (κ3) is 2.54. The molecule has 3 nitrogen and oxygen atoms in total. The van der Waals surface area contributed by atoms with E-state index in [0.717, 1.165) is 4.34 Å². The molecular weight excluding hydrogens is 254 g/mol. The minimum Gasteiger partial charge on any atom is -0.307 e. The molecule has 17 heavy (non-hydrogen) atoms. The Morgan fingerprint density at radius 3 is 2.65 bits per heavy atom. The lowest BCUT2D eigenvalue weighted by Crippen LogP contribution is -2.21. The van der Waals surface area contributed by atoms with Crippen molar-refractivity contribution in [1.82, 2.24) is 15.1 Å². The summed E-state index contributed by atoms with van der Waals surface area (Å²) in [5, 5.41) is 7.69. The van der Waals surface area contributed by atoms with E-state index >= 15 is 0 Å². The molecule has 2 aromatic rings. The molecule has 1 N–H and O–H groups in total. The van der Waals surface area contributed by atoms with Crippen LogP contribution in [0, 0.1) is 0 Å². The lowest BCUT2D eigenvalue weighted by molar-refractivity contribution is 0.486. The fourth-order valence-corrected chi connectivity index (χ4v) is 3.09. The Hall–Kier alpha value is -0.840. The van der Waals surface area contributed by atoms with Gasteiger partial charge in [-0.2, -0.15) is 5.10 Å². The first-order valence-corrected chi connectivity index (χ1v) is 6.79. The smallest absolute Gasteiger partial charge is 0.0931 e. The van der Waals surface area contributed by atoms with E-state index in [1.54, 1.807) is 11.3 Å². The Morgan fingerprint density at radius 1 is 1.35 bits per heavy atom. The molecular formula is C12H16ClN3S. The first kappa shape index (κ1) is 12.6. The molecule has 2 heterocycles. The SMILES string of the molecule is CNC(c1ccc(Cl)s1)c1ccnn1C(C)C. The first-order valence-electron chi connectivity index (χ1n) is 5.59.